The minimum atomic E-state index is -4.54. The van der Waals surface area contributed by atoms with E-state index in [1.54, 1.807) is 0 Å². The highest BCUT2D eigenvalue weighted by molar-refractivity contribution is 6.06. The third-order valence-electron chi connectivity index (χ3n) is 12.9. The Bertz CT molecular complexity index is 3580. The molecular weight excluding hydrogens is 867 g/mol. The van der Waals surface area contributed by atoms with E-state index in [1.165, 1.54) is 24.3 Å². The number of fused-ring (bicyclic) bond motifs is 6. The predicted octanol–water partition coefficient (Wildman–Crippen LogP) is 18.2. The van der Waals surface area contributed by atoms with Crippen molar-refractivity contribution < 1.29 is 26.3 Å². The molecule has 4 nitrogen and oxygen atoms in total. The van der Waals surface area contributed by atoms with Crippen LogP contribution < -0.4 is 19.6 Å². The zero-order valence-corrected chi connectivity index (χ0v) is 35.8. The van der Waals surface area contributed by atoms with E-state index in [1.807, 2.05) is 88.7 Å². The molecule has 0 unspecified atom stereocenters. The maximum Gasteiger partial charge on any atom is 0.416 e. The van der Waals surface area contributed by atoms with E-state index >= 15 is 0 Å². The smallest absolute Gasteiger partial charge is 0.306 e. The van der Waals surface area contributed by atoms with E-state index in [4.69, 9.17) is 0 Å². The Morgan fingerprint density at radius 1 is 0.235 bits per heavy atom. The standard InChI is InChI=1S/C58H36F6N4/c59-57(60,61)43-21-27-45(28-22-43)65-49-13-5-6-14-50(49)66(46-29-23-44(24-30-46)58(62,63)64)55-35-41(19-31-53(55)65)42-20-32-54-56(36-42)68(48-26-18-38-10-2-4-12-40(38)34-48)52-16-8-7-15-51(52)67(54)47-25-17-37-9-1-3-11-39(37)33-47/h1-36H. The first kappa shape index (κ1) is 41.0. The molecular formula is C58H36F6N4. The summed E-state index contributed by atoms with van der Waals surface area (Å²) in [6.45, 7) is 0. The topological polar surface area (TPSA) is 13.0 Å². The summed E-state index contributed by atoms with van der Waals surface area (Å²) in [6.07, 6.45) is -9.07. The van der Waals surface area contributed by atoms with E-state index in [2.05, 4.69) is 101 Å². The lowest BCUT2D eigenvalue weighted by Gasteiger charge is -2.41. The van der Waals surface area contributed by atoms with E-state index in [9.17, 15) is 26.3 Å². The number of para-hydroxylation sites is 4. The summed E-state index contributed by atoms with van der Waals surface area (Å²) in [7, 11) is 0. The van der Waals surface area contributed by atoms with Gasteiger partial charge in [-0.1, -0.05) is 97.1 Å². The second-order valence-electron chi connectivity index (χ2n) is 16.9. The predicted molar refractivity (Wildman–Crippen MR) is 263 cm³/mol. The van der Waals surface area contributed by atoms with Crippen molar-refractivity contribution in [2.75, 3.05) is 19.6 Å². The van der Waals surface area contributed by atoms with Gasteiger partial charge in [-0.2, -0.15) is 26.3 Å². The zero-order chi connectivity index (χ0) is 46.3. The van der Waals surface area contributed by atoms with Crippen LogP contribution in [0.5, 0.6) is 0 Å². The number of anilines is 12. The average Bonchev–Trinajstić information content (AvgIpc) is 3.36. The van der Waals surface area contributed by atoms with Gasteiger partial charge in [0.05, 0.1) is 56.6 Å². The highest BCUT2D eigenvalue weighted by atomic mass is 19.4. The van der Waals surface area contributed by atoms with Gasteiger partial charge in [-0.25, -0.2) is 0 Å². The van der Waals surface area contributed by atoms with Crippen molar-refractivity contribution in [1.82, 2.24) is 0 Å². The zero-order valence-electron chi connectivity index (χ0n) is 35.8. The molecule has 2 aliphatic heterocycles. The van der Waals surface area contributed by atoms with E-state index in [0.717, 1.165) is 91.1 Å². The van der Waals surface area contributed by atoms with Crippen LogP contribution in [0.3, 0.4) is 0 Å². The summed E-state index contributed by atoms with van der Waals surface area (Å²) in [5.41, 5.74) is 9.39. The summed E-state index contributed by atoms with van der Waals surface area (Å²) < 4.78 is 83.2. The molecule has 0 saturated carbocycles. The number of nitrogens with zero attached hydrogens (tertiary/aromatic N) is 4. The molecule has 2 heterocycles. The first-order chi connectivity index (χ1) is 33.0. The molecule has 0 bridgehead atoms. The van der Waals surface area contributed by atoms with E-state index in [0.29, 0.717) is 34.1 Å². The molecule has 0 saturated heterocycles. The molecule has 10 aromatic carbocycles. The Morgan fingerprint density at radius 3 is 0.912 bits per heavy atom. The number of alkyl halides is 6. The summed E-state index contributed by atoms with van der Waals surface area (Å²) in [4.78, 5) is 8.37. The molecule has 0 atom stereocenters. The highest BCUT2D eigenvalue weighted by Crippen LogP contribution is 2.58. The van der Waals surface area contributed by atoms with Crippen molar-refractivity contribution in [1.29, 1.82) is 0 Å². The molecule has 10 aromatic rings. The van der Waals surface area contributed by atoms with Crippen molar-refractivity contribution in [3.8, 4) is 11.1 Å². The molecule has 0 aliphatic carbocycles. The van der Waals surface area contributed by atoms with Gasteiger partial charge in [0.25, 0.3) is 0 Å². The molecule has 12 rings (SSSR count). The summed E-state index contributed by atoms with van der Waals surface area (Å²) >= 11 is 0. The first-order valence-electron chi connectivity index (χ1n) is 22.0. The van der Waals surface area contributed by atoms with Crippen LogP contribution in [0, 0.1) is 0 Å². The van der Waals surface area contributed by atoms with E-state index < -0.39 is 23.5 Å². The molecule has 68 heavy (non-hydrogen) atoms. The average molecular weight is 903 g/mol. The molecule has 0 fully saturated rings. The number of rotatable bonds is 5. The third kappa shape index (κ3) is 6.87. The lowest BCUT2D eigenvalue weighted by atomic mass is 9.96. The lowest BCUT2D eigenvalue weighted by Crippen LogP contribution is -2.24. The minimum Gasteiger partial charge on any atom is -0.306 e. The summed E-state index contributed by atoms with van der Waals surface area (Å²) in [6, 6.07) is 67.5. The highest BCUT2D eigenvalue weighted by Gasteiger charge is 2.36. The Morgan fingerprint density at radius 2 is 0.529 bits per heavy atom. The second kappa shape index (κ2) is 15.6. The number of hydrogen-bond donors (Lipinski definition) is 0. The van der Waals surface area contributed by atoms with Gasteiger partial charge >= 0.3 is 12.4 Å². The summed E-state index contributed by atoms with van der Waals surface area (Å²) in [5.74, 6) is 0. The molecule has 330 valence electrons. The fraction of sp³-hybridized carbons (Fsp3) is 0.0345. The minimum absolute atomic E-state index is 0.478. The first-order valence-corrected chi connectivity index (χ1v) is 22.0. The molecule has 0 aromatic heterocycles. The van der Waals surface area contributed by atoms with Crippen LogP contribution in [0.25, 0.3) is 32.7 Å². The van der Waals surface area contributed by atoms with Crippen LogP contribution in [0.4, 0.5) is 94.6 Å². The normalized spacial score (nSPS) is 13.3. The Kier molecular flexibility index (Phi) is 9.37. The SMILES string of the molecule is FC(F)(F)c1ccc(N2c3ccccc3N(c3ccc(C(F)(F)F)cc3)c3cc(-c4ccc5c(c4)N(c4ccc6ccccc6c4)c4ccccc4N5c4ccc5ccccc5c4)ccc32)cc1. The van der Waals surface area contributed by atoms with Gasteiger partial charge in [-0.3, -0.25) is 0 Å². The molecule has 10 heteroatoms. The number of benzene rings is 10. The van der Waals surface area contributed by atoms with Crippen LogP contribution in [-0.4, -0.2) is 0 Å². The molecule has 2 aliphatic rings. The van der Waals surface area contributed by atoms with Crippen molar-refractivity contribution in [2.24, 2.45) is 0 Å². The Hall–Kier alpha value is -8.50. The van der Waals surface area contributed by atoms with Crippen LogP contribution in [0.15, 0.2) is 218 Å². The van der Waals surface area contributed by atoms with Crippen molar-refractivity contribution in [2.45, 2.75) is 12.4 Å². The largest absolute Gasteiger partial charge is 0.416 e. The molecule has 0 amide bonds. The van der Waals surface area contributed by atoms with Gasteiger partial charge in [0, 0.05) is 22.7 Å². The number of halogens is 6. The van der Waals surface area contributed by atoms with Gasteiger partial charge < -0.3 is 19.6 Å². The second-order valence-corrected chi connectivity index (χ2v) is 16.9. The maximum absolute atomic E-state index is 13.9. The van der Waals surface area contributed by atoms with Gasteiger partial charge in [-0.05, 0) is 154 Å². The Labute approximate surface area is 387 Å². The Balaban J connectivity index is 1.06. The molecule has 0 radical (unpaired) electrons. The van der Waals surface area contributed by atoms with Gasteiger partial charge in [0.1, 0.15) is 0 Å². The van der Waals surface area contributed by atoms with Gasteiger partial charge in [0.2, 0.25) is 0 Å². The number of hydrogen-bond acceptors (Lipinski definition) is 4. The van der Waals surface area contributed by atoms with Crippen LogP contribution in [-0.2, 0) is 12.4 Å². The fourth-order valence-corrected chi connectivity index (χ4v) is 9.69. The maximum atomic E-state index is 13.9. The molecule has 0 N–H and O–H groups in total. The van der Waals surface area contributed by atoms with Gasteiger partial charge in [0.15, 0.2) is 0 Å². The van der Waals surface area contributed by atoms with Crippen LogP contribution >= 0.6 is 0 Å². The lowest BCUT2D eigenvalue weighted by molar-refractivity contribution is -0.138. The third-order valence-corrected chi connectivity index (χ3v) is 12.9. The quantitative estimate of drug-likeness (QED) is 0.160. The fourth-order valence-electron chi connectivity index (χ4n) is 9.69. The van der Waals surface area contributed by atoms with Gasteiger partial charge in [-0.15, -0.1) is 0 Å². The molecule has 0 spiro atoms. The van der Waals surface area contributed by atoms with Crippen molar-refractivity contribution >= 4 is 89.8 Å². The van der Waals surface area contributed by atoms with Crippen LogP contribution in [0.1, 0.15) is 11.1 Å². The van der Waals surface area contributed by atoms with Crippen molar-refractivity contribution in [3.63, 3.8) is 0 Å². The van der Waals surface area contributed by atoms with Crippen molar-refractivity contribution in [3.05, 3.63) is 230 Å². The summed E-state index contributed by atoms with van der Waals surface area (Å²) in [5, 5.41) is 4.45. The van der Waals surface area contributed by atoms with E-state index in [-0.39, 0.29) is 0 Å². The van der Waals surface area contributed by atoms with Crippen LogP contribution in [0.2, 0.25) is 0 Å². The monoisotopic (exact) mass is 902 g/mol.